The number of carboxylic acids is 3. The minimum atomic E-state index is -2.74. The number of halogens is 1. The number of piperazine rings is 1. The van der Waals surface area contributed by atoms with Crippen LogP contribution in [-0.2, 0) is 31.1 Å². The van der Waals surface area contributed by atoms with E-state index in [0.717, 1.165) is 36.8 Å². The van der Waals surface area contributed by atoms with Crippen molar-refractivity contribution in [1.29, 1.82) is 0 Å². The van der Waals surface area contributed by atoms with E-state index < -0.39 is 36.4 Å². The van der Waals surface area contributed by atoms with Crippen LogP contribution in [0.1, 0.15) is 76.0 Å². The van der Waals surface area contributed by atoms with Crippen molar-refractivity contribution < 1.29 is 43.9 Å². The van der Waals surface area contributed by atoms with Crippen molar-refractivity contribution in [2.45, 2.75) is 87.9 Å². The average Bonchev–Trinajstić information content (AvgIpc) is 3.32. The molecule has 2 fully saturated rings. The largest absolute Gasteiger partial charge is 0.481 e. The number of rotatable bonds is 9. The first kappa shape index (κ1) is 32.8. The lowest BCUT2D eigenvalue weighted by Crippen LogP contribution is -2.59. The van der Waals surface area contributed by atoms with Gasteiger partial charge in [0.2, 0.25) is 0 Å². The van der Waals surface area contributed by atoms with Crippen molar-refractivity contribution in [3.63, 3.8) is 0 Å². The first-order chi connectivity index (χ1) is 20.3. The number of hydrogen-bond donors (Lipinski definition) is 5. The van der Waals surface area contributed by atoms with Crippen molar-refractivity contribution in [3.8, 4) is 0 Å². The van der Waals surface area contributed by atoms with Crippen LogP contribution < -0.4 is 0 Å². The van der Waals surface area contributed by atoms with Crippen LogP contribution in [-0.4, -0.2) is 104 Å². The van der Waals surface area contributed by atoms with Crippen molar-refractivity contribution in [3.05, 3.63) is 35.3 Å². The van der Waals surface area contributed by atoms with Gasteiger partial charge in [0.15, 0.2) is 5.60 Å². The number of hydrogen-bond acceptors (Lipinski definition) is 7. The summed E-state index contributed by atoms with van der Waals surface area (Å²) in [4.78, 5) is 39.4. The van der Waals surface area contributed by atoms with Gasteiger partial charge in [0.25, 0.3) is 0 Å². The number of aliphatic hydroxyl groups is 1. The quantitative estimate of drug-likeness (QED) is 0.285. The molecule has 1 aromatic heterocycles. The number of aromatic nitrogens is 1. The minimum Gasteiger partial charge on any atom is -0.481 e. The van der Waals surface area contributed by atoms with E-state index in [-0.39, 0.29) is 11.4 Å². The third-order valence-electron chi connectivity index (χ3n) is 9.50. The van der Waals surface area contributed by atoms with Crippen LogP contribution in [0.25, 0.3) is 10.9 Å². The fourth-order valence-corrected chi connectivity index (χ4v) is 7.03. The van der Waals surface area contributed by atoms with Crippen LogP contribution in [0.2, 0.25) is 0 Å². The number of carbonyl (C=O) groups is 3. The van der Waals surface area contributed by atoms with Crippen LogP contribution in [0.5, 0.6) is 0 Å². The van der Waals surface area contributed by atoms with Gasteiger partial charge in [-0.05, 0) is 69.3 Å². The molecule has 1 spiro atoms. The molecule has 0 bridgehead atoms. The number of aromatic amines is 1. The molecule has 0 unspecified atom stereocenters. The Bertz CT molecular complexity index is 1300. The van der Waals surface area contributed by atoms with Crippen molar-refractivity contribution >= 4 is 28.8 Å². The fourth-order valence-electron chi connectivity index (χ4n) is 7.03. The van der Waals surface area contributed by atoms with E-state index in [1.54, 1.807) is 12.1 Å². The number of nitrogens with zero attached hydrogens (tertiary/aromatic N) is 2. The molecule has 1 saturated heterocycles. The van der Waals surface area contributed by atoms with Gasteiger partial charge in [-0.2, -0.15) is 0 Å². The summed E-state index contributed by atoms with van der Waals surface area (Å²) >= 11 is 0. The first-order valence-corrected chi connectivity index (χ1v) is 15.1. The van der Waals surface area contributed by atoms with Gasteiger partial charge < -0.3 is 35.0 Å². The summed E-state index contributed by atoms with van der Waals surface area (Å²) in [6.07, 6.45) is 6.96. The number of nitrogens with one attached hydrogen (secondary N) is 1. The predicted octanol–water partition coefficient (Wildman–Crippen LogP) is 3.58. The highest BCUT2D eigenvalue weighted by atomic mass is 19.1. The smallest absolute Gasteiger partial charge is 0.336 e. The second kappa shape index (κ2) is 13.3. The summed E-state index contributed by atoms with van der Waals surface area (Å²) in [6, 6.07) is 5.14. The van der Waals surface area contributed by atoms with Crippen molar-refractivity contribution in [1.82, 2.24) is 14.8 Å². The fraction of sp³-hybridized carbons (Fsp3) is 0.645. The van der Waals surface area contributed by atoms with Crippen molar-refractivity contribution in [2.24, 2.45) is 0 Å². The molecular weight excluding hydrogens is 561 g/mol. The summed E-state index contributed by atoms with van der Waals surface area (Å²) in [5.74, 6) is -5.17. The van der Waals surface area contributed by atoms with Gasteiger partial charge in [0.1, 0.15) is 11.4 Å². The lowest BCUT2D eigenvalue weighted by Gasteiger charge is -2.54. The van der Waals surface area contributed by atoms with Crippen LogP contribution in [0, 0.1) is 5.82 Å². The Kier molecular flexibility index (Phi) is 10.2. The third kappa shape index (κ3) is 7.19. The summed E-state index contributed by atoms with van der Waals surface area (Å²) in [5, 5.41) is 34.9. The maximum Gasteiger partial charge on any atom is 0.336 e. The molecule has 0 atom stereocenters. The van der Waals surface area contributed by atoms with Crippen LogP contribution >= 0.6 is 0 Å². The Balaban J connectivity index is 0.000000277. The monoisotopic (exact) mass is 605 g/mol. The van der Waals surface area contributed by atoms with Crippen LogP contribution in [0.4, 0.5) is 4.39 Å². The van der Waals surface area contributed by atoms with E-state index in [0.29, 0.717) is 5.54 Å². The van der Waals surface area contributed by atoms with Gasteiger partial charge in [-0.25, -0.2) is 9.18 Å². The molecule has 0 amide bonds. The Morgan fingerprint density at radius 1 is 1.02 bits per heavy atom. The van der Waals surface area contributed by atoms with Gasteiger partial charge in [-0.15, -0.1) is 0 Å². The number of likely N-dealkylation sites (N-methyl/N-ethyl adjacent to an activating group) is 1. The van der Waals surface area contributed by atoms with E-state index >= 15 is 0 Å². The second-order valence-electron chi connectivity index (χ2n) is 12.4. The Hall–Kier alpha value is -3.06. The number of ether oxygens (including phenoxy) is 1. The number of unbranched alkanes of at least 4 members (excludes halogenated alkanes) is 1. The minimum absolute atomic E-state index is 0.151. The zero-order valence-electron chi connectivity index (χ0n) is 25.0. The highest BCUT2D eigenvalue weighted by molar-refractivity contribution is 5.88. The first-order valence-electron chi connectivity index (χ1n) is 15.1. The van der Waals surface area contributed by atoms with E-state index in [1.165, 1.54) is 69.5 Å². The molecule has 3 heterocycles. The average molecular weight is 606 g/mol. The van der Waals surface area contributed by atoms with Gasteiger partial charge >= 0.3 is 17.9 Å². The highest BCUT2D eigenvalue weighted by Crippen LogP contribution is 2.51. The third-order valence-corrected chi connectivity index (χ3v) is 9.50. The molecule has 3 aliphatic rings. The normalized spacial score (nSPS) is 24.7. The molecule has 1 aliphatic carbocycles. The van der Waals surface area contributed by atoms with E-state index in [1.807, 2.05) is 6.07 Å². The van der Waals surface area contributed by atoms with Crippen molar-refractivity contribution in [2.75, 3.05) is 39.8 Å². The Morgan fingerprint density at radius 3 is 2.21 bits per heavy atom. The van der Waals surface area contributed by atoms with Gasteiger partial charge in [0.05, 0.1) is 25.1 Å². The Labute approximate surface area is 250 Å². The molecule has 5 rings (SSSR count). The number of fused-ring (bicyclic) bond motifs is 4. The van der Waals surface area contributed by atoms with Crippen LogP contribution in [0.15, 0.2) is 18.2 Å². The number of carboxylic acid groups (broad SMARTS) is 3. The van der Waals surface area contributed by atoms with Gasteiger partial charge in [-0.1, -0.05) is 19.8 Å². The summed E-state index contributed by atoms with van der Waals surface area (Å²) < 4.78 is 20.5. The predicted molar refractivity (Wildman–Crippen MR) is 156 cm³/mol. The lowest BCUT2D eigenvalue weighted by atomic mass is 9.68. The molecule has 238 valence electrons. The molecule has 12 heteroatoms. The lowest BCUT2D eigenvalue weighted by molar-refractivity contribution is -0.170. The van der Waals surface area contributed by atoms with Crippen LogP contribution in [0.3, 0.4) is 0 Å². The molecule has 2 aliphatic heterocycles. The van der Waals surface area contributed by atoms with Gasteiger partial charge in [-0.3, -0.25) is 14.5 Å². The van der Waals surface area contributed by atoms with E-state index in [4.69, 9.17) is 25.2 Å². The summed E-state index contributed by atoms with van der Waals surface area (Å²) in [6.45, 7) is 7.77. The molecule has 1 aromatic carbocycles. The molecule has 11 nitrogen and oxygen atoms in total. The number of benzene rings is 1. The zero-order chi connectivity index (χ0) is 31.4. The molecular formula is C31H44FN3O8. The highest BCUT2D eigenvalue weighted by Gasteiger charge is 2.49. The SMILES string of the molecule is CCCCC1(N2CCN(C)CC2)CCC2(CC1)OCCc1c2[nH]c2ccc(F)cc12.O=C(O)CC(O)(CC(=O)O)C(=O)O. The number of aliphatic carboxylic acids is 3. The number of H-pyrrole nitrogens is 1. The molecule has 0 radical (unpaired) electrons. The molecule has 2 aromatic rings. The van der Waals surface area contributed by atoms with E-state index in [9.17, 15) is 18.8 Å². The maximum atomic E-state index is 13.9. The Morgan fingerprint density at radius 2 is 1.65 bits per heavy atom. The topological polar surface area (TPSA) is 164 Å². The van der Waals surface area contributed by atoms with Gasteiger partial charge in [0, 0.05) is 42.6 Å². The van der Waals surface area contributed by atoms with E-state index in [2.05, 4.69) is 28.8 Å². The molecule has 1 saturated carbocycles. The molecule has 5 N–H and O–H groups in total. The zero-order valence-corrected chi connectivity index (χ0v) is 25.0. The maximum absolute atomic E-state index is 13.9. The summed E-state index contributed by atoms with van der Waals surface area (Å²) in [7, 11) is 2.24. The standard InChI is InChI=1S/C25H36FN3O.C6H8O7/c1-3-4-8-24(29-15-13-28(2)14-16-29)9-11-25(12-10-24)23-20(7-17-30-25)21-18-19(26)5-6-22(21)27-23;7-3(8)1-6(13,5(11)12)2-4(9)10/h5-6,18,27H,3-4,7-17H2,1-2H3;13H,1-2H2,(H,7,8)(H,9,10)(H,11,12). The second-order valence-corrected chi connectivity index (χ2v) is 12.4. The molecule has 43 heavy (non-hydrogen) atoms. The summed E-state index contributed by atoms with van der Waals surface area (Å²) in [5.41, 5.74) is 0.936.